The van der Waals surface area contributed by atoms with Gasteiger partial charge in [0.1, 0.15) is 10.0 Å². The minimum absolute atomic E-state index is 0.00838. The summed E-state index contributed by atoms with van der Waals surface area (Å²) >= 11 is 1.45. The predicted octanol–water partition coefficient (Wildman–Crippen LogP) is 1.65. The average molecular weight is 429 g/mol. The van der Waals surface area contributed by atoms with E-state index in [1.54, 1.807) is 9.80 Å². The lowest BCUT2D eigenvalue weighted by molar-refractivity contribution is -0.123. The zero-order valence-electron chi connectivity index (χ0n) is 16.7. The van der Waals surface area contributed by atoms with Gasteiger partial charge in [-0.1, -0.05) is 20.8 Å². The maximum atomic E-state index is 13.0. The van der Waals surface area contributed by atoms with Crippen LogP contribution in [0.2, 0.25) is 0 Å². The SMILES string of the molecule is CC(C)(C)c1nnc(CC(=O)[C@H]2CCCCN2C(=O)N2CCS(=O)(=O)CC2)s1. The first-order valence-corrected chi connectivity index (χ1v) is 12.3. The number of carbonyl (C=O) groups excluding carboxylic acids is 2. The van der Waals surface area contributed by atoms with E-state index >= 15 is 0 Å². The Hall–Kier alpha value is -1.55. The van der Waals surface area contributed by atoms with Crippen molar-refractivity contribution >= 4 is 33.0 Å². The number of hydrogen-bond donors (Lipinski definition) is 0. The molecule has 2 fully saturated rings. The number of aromatic nitrogens is 2. The van der Waals surface area contributed by atoms with Crippen molar-refractivity contribution in [2.24, 2.45) is 0 Å². The fraction of sp³-hybridized carbons (Fsp3) is 0.778. The first kappa shape index (κ1) is 21.2. The quantitative estimate of drug-likeness (QED) is 0.726. The van der Waals surface area contributed by atoms with E-state index in [9.17, 15) is 18.0 Å². The van der Waals surface area contributed by atoms with Crippen LogP contribution >= 0.6 is 11.3 Å². The van der Waals surface area contributed by atoms with Crippen molar-refractivity contribution in [3.8, 4) is 0 Å². The fourth-order valence-electron chi connectivity index (χ4n) is 3.48. The molecular formula is C18H28N4O4S2. The van der Waals surface area contributed by atoms with Crippen molar-refractivity contribution in [3.63, 3.8) is 0 Å². The monoisotopic (exact) mass is 428 g/mol. The highest BCUT2D eigenvalue weighted by Crippen LogP contribution is 2.27. The maximum Gasteiger partial charge on any atom is 0.320 e. The van der Waals surface area contributed by atoms with Crippen LogP contribution in [0.1, 0.15) is 50.0 Å². The van der Waals surface area contributed by atoms with Crippen molar-refractivity contribution in [1.82, 2.24) is 20.0 Å². The Balaban J connectivity index is 1.68. The third kappa shape index (κ3) is 4.89. The molecular weight excluding hydrogens is 400 g/mol. The second kappa shape index (κ2) is 8.06. The van der Waals surface area contributed by atoms with Crippen LogP contribution in [-0.2, 0) is 26.5 Å². The molecule has 0 saturated carbocycles. The van der Waals surface area contributed by atoms with Gasteiger partial charge in [0.2, 0.25) is 0 Å². The van der Waals surface area contributed by atoms with Crippen LogP contribution in [0, 0.1) is 0 Å². The molecule has 2 amide bonds. The van der Waals surface area contributed by atoms with E-state index < -0.39 is 15.9 Å². The zero-order valence-corrected chi connectivity index (χ0v) is 18.3. The van der Waals surface area contributed by atoms with Gasteiger partial charge in [-0.05, 0) is 19.3 Å². The van der Waals surface area contributed by atoms with Crippen molar-refractivity contribution in [3.05, 3.63) is 10.0 Å². The molecule has 0 N–H and O–H groups in total. The molecule has 2 aliphatic rings. The number of piperidine rings is 1. The molecule has 0 bridgehead atoms. The summed E-state index contributed by atoms with van der Waals surface area (Å²) in [5.41, 5.74) is -0.111. The van der Waals surface area contributed by atoms with Gasteiger partial charge in [-0.2, -0.15) is 0 Å². The van der Waals surface area contributed by atoms with Gasteiger partial charge in [0.05, 0.1) is 24.0 Å². The topological polar surface area (TPSA) is 101 Å². The maximum absolute atomic E-state index is 13.0. The lowest BCUT2D eigenvalue weighted by atomic mass is 9.97. The second-order valence-corrected chi connectivity index (χ2v) is 11.9. The Bertz CT molecular complexity index is 830. The minimum Gasteiger partial charge on any atom is -0.323 e. The molecule has 1 atom stereocenters. The van der Waals surface area contributed by atoms with E-state index in [4.69, 9.17) is 0 Å². The smallest absolute Gasteiger partial charge is 0.320 e. The predicted molar refractivity (Wildman–Crippen MR) is 107 cm³/mol. The highest BCUT2D eigenvalue weighted by molar-refractivity contribution is 7.91. The lowest BCUT2D eigenvalue weighted by Gasteiger charge is -2.39. The number of sulfone groups is 1. The standard InChI is InChI=1S/C18H28N4O4S2/c1-18(2,3)16-20-19-15(27-16)12-14(23)13-6-4-5-7-22(13)17(24)21-8-10-28(25,26)11-9-21/h13H,4-12H2,1-3H3/t13-/m1/s1. The Morgan fingerprint density at radius 1 is 1.11 bits per heavy atom. The Labute approximate surface area is 170 Å². The van der Waals surface area contributed by atoms with E-state index in [0.29, 0.717) is 18.0 Å². The summed E-state index contributed by atoms with van der Waals surface area (Å²) < 4.78 is 23.3. The number of ketones is 1. The molecule has 0 aromatic carbocycles. The molecule has 3 heterocycles. The van der Waals surface area contributed by atoms with Crippen molar-refractivity contribution < 1.29 is 18.0 Å². The van der Waals surface area contributed by atoms with Crippen molar-refractivity contribution in [2.45, 2.75) is 57.9 Å². The van der Waals surface area contributed by atoms with Gasteiger partial charge >= 0.3 is 6.03 Å². The summed E-state index contributed by atoms with van der Waals surface area (Å²) in [7, 11) is -3.05. The Kier molecular flexibility index (Phi) is 6.09. The van der Waals surface area contributed by atoms with E-state index in [0.717, 1.165) is 17.8 Å². The number of rotatable bonds is 3. The van der Waals surface area contributed by atoms with Crippen molar-refractivity contribution in [2.75, 3.05) is 31.1 Å². The number of amides is 2. The molecule has 156 valence electrons. The van der Waals surface area contributed by atoms with Gasteiger partial charge < -0.3 is 9.80 Å². The summed E-state index contributed by atoms with van der Waals surface area (Å²) in [6.45, 7) is 7.09. The number of carbonyl (C=O) groups is 2. The van der Waals surface area contributed by atoms with E-state index in [-0.39, 0.29) is 48.2 Å². The average Bonchev–Trinajstić information content (AvgIpc) is 3.10. The summed E-state index contributed by atoms with van der Waals surface area (Å²) in [4.78, 5) is 29.1. The Morgan fingerprint density at radius 3 is 2.39 bits per heavy atom. The highest BCUT2D eigenvalue weighted by atomic mass is 32.2. The van der Waals surface area contributed by atoms with E-state index in [1.807, 2.05) is 0 Å². The number of nitrogens with zero attached hydrogens (tertiary/aromatic N) is 4. The number of hydrogen-bond acceptors (Lipinski definition) is 7. The van der Waals surface area contributed by atoms with Gasteiger partial charge in [-0.3, -0.25) is 4.79 Å². The molecule has 8 nitrogen and oxygen atoms in total. The summed E-state index contributed by atoms with van der Waals surface area (Å²) in [5, 5.41) is 9.93. The second-order valence-electron chi connectivity index (χ2n) is 8.52. The van der Waals surface area contributed by atoms with Crippen LogP contribution in [-0.4, -0.2) is 77.4 Å². The molecule has 1 aromatic rings. The molecule has 0 spiro atoms. The largest absolute Gasteiger partial charge is 0.323 e. The summed E-state index contributed by atoms with van der Waals surface area (Å²) in [6.07, 6.45) is 2.57. The first-order valence-electron chi connectivity index (χ1n) is 9.68. The van der Waals surface area contributed by atoms with Gasteiger partial charge in [0, 0.05) is 25.0 Å². The highest BCUT2D eigenvalue weighted by Gasteiger charge is 2.36. The minimum atomic E-state index is -3.05. The van der Waals surface area contributed by atoms with Gasteiger partial charge in [-0.25, -0.2) is 13.2 Å². The molecule has 3 rings (SSSR count). The third-order valence-corrected chi connectivity index (χ3v) is 8.13. The van der Waals surface area contributed by atoms with Crippen LogP contribution < -0.4 is 0 Å². The van der Waals surface area contributed by atoms with Crippen LogP contribution in [0.4, 0.5) is 4.79 Å². The zero-order chi connectivity index (χ0) is 20.5. The van der Waals surface area contributed by atoms with Crippen LogP contribution in [0.15, 0.2) is 0 Å². The van der Waals surface area contributed by atoms with E-state index in [1.165, 1.54) is 11.3 Å². The van der Waals surface area contributed by atoms with Gasteiger partial charge in [0.15, 0.2) is 15.6 Å². The lowest BCUT2D eigenvalue weighted by Crippen LogP contribution is -2.56. The number of urea groups is 1. The summed E-state index contributed by atoms with van der Waals surface area (Å²) in [6, 6.07) is -0.692. The fourth-order valence-corrected chi connectivity index (χ4v) is 5.58. The molecule has 0 unspecified atom stereocenters. The molecule has 2 saturated heterocycles. The molecule has 0 aliphatic carbocycles. The molecule has 0 radical (unpaired) electrons. The van der Waals surface area contributed by atoms with Gasteiger partial charge in [-0.15, -0.1) is 21.5 Å². The summed E-state index contributed by atoms with van der Waals surface area (Å²) in [5.74, 6) is -0.0359. The normalized spacial score (nSPS) is 22.9. The van der Waals surface area contributed by atoms with Crippen molar-refractivity contribution in [1.29, 1.82) is 0 Å². The molecule has 2 aliphatic heterocycles. The first-order chi connectivity index (χ1) is 13.1. The van der Waals surface area contributed by atoms with Crippen LogP contribution in [0.5, 0.6) is 0 Å². The van der Waals surface area contributed by atoms with Crippen LogP contribution in [0.3, 0.4) is 0 Å². The van der Waals surface area contributed by atoms with Gasteiger partial charge in [0.25, 0.3) is 0 Å². The molecule has 10 heteroatoms. The molecule has 1 aromatic heterocycles. The Morgan fingerprint density at radius 2 is 1.79 bits per heavy atom. The number of likely N-dealkylation sites (tertiary alicyclic amines) is 1. The van der Waals surface area contributed by atoms with Crippen LogP contribution in [0.25, 0.3) is 0 Å². The number of Topliss-reactive ketones (excluding diaryl/α,β-unsaturated/α-hetero) is 1. The molecule has 28 heavy (non-hydrogen) atoms. The van der Waals surface area contributed by atoms with E-state index in [2.05, 4.69) is 31.0 Å². The third-order valence-electron chi connectivity index (χ3n) is 5.17.